The van der Waals surface area contributed by atoms with E-state index in [1.54, 1.807) is 20.9 Å². The molecule has 0 radical (unpaired) electrons. The summed E-state index contributed by atoms with van der Waals surface area (Å²) in [5, 5.41) is 8.28. The van der Waals surface area contributed by atoms with Crippen LogP contribution in [0.1, 0.15) is 39.7 Å². The van der Waals surface area contributed by atoms with Gasteiger partial charge in [0.15, 0.2) is 9.84 Å². The van der Waals surface area contributed by atoms with Gasteiger partial charge < -0.3 is 9.47 Å². The van der Waals surface area contributed by atoms with Crippen molar-refractivity contribution in [3.05, 3.63) is 57.5 Å². The van der Waals surface area contributed by atoms with E-state index in [2.05, 4.69) is 10.2 Å². The zero-order valence-electron chi connectivity index (χ0n) is 19.9. The summed E-state index contributed by atoms with van der Waals surface area (Å²) in [5.74, 6) is -0.485. The zero-order valence-corrected chi connectivity index (χ0v) is 21.5. The van der Waals surface area contributed by atoms with Gasteiger partial charge in [-0.25, -0.2) is 17.9 Å². The van der Waals surface area contributed by atoms with E-state index in [9.17, 15) is 26.4 Å². The molecule has 0 atom stereocenters. The van der Waals surface area contributed by atoms with Gasteiger partial charge in [-0.2, -0.15) is 23.4 Å². The number of sulfone groups is 1. The molecule has 0 N–H and O–H groups in total. The molecule has 36 heavy (non-hydrogen) atoms. The van der Waals surface area contributed by atoms with Crippen LogP contribution in [0.4, 0.5) is 13.2 Å². The number of aryl methyl sites for hydroxylation is 3. The van der Waals surface area contributed by atoms with E-state index in [1.165, 1.54) is 33.9 Å². The van der Waals surface area contributed by atoms with Gasteiger partial charge in [0.2, 0.25) is 5.88 Å². The van der Waals surface area contributed by atoms with Crippen LogP contribution in [0.5, 0.6) is 5.88 Å². The Balaban J connectivity index is 1.95. The van der Waals surface area contributed by atoms with Crippen LogP contribution in [0.15, 0.2) is 29.4 Å². The summed E-state index contributed by atoms with van der Waals surface area (Å²) in [6, 6.07) is 2.71. The van der Waals surface area contributed by atoms with Gasteiger partial charge in [0.25, 0.3) is 0 Å². The summed E-state index contributed by atoms with van der Waals surface area (Å²) in [4.78, 5) is 12.5. The minimum Gasteiger partial charge on any atom is -0.404 e. The number of alkyl halides is 3. The molecule has 0 spiro atoms. The third-order valence-corrected chi connectivity index (χ3v) is 6.81. The number of benzene rings is 1. The Morgan fingerprint density at radius 1 is 1.22 bits per heavy atom. The van der Waals surface area contributed by atoms with E-state index in [0.717, 1.165) is 6.26 Å². The number of carbonyl (C=O) groups is 1. The smallest absolute Gasteiger partial charge is 0.404 e. The molecule has 0 bridgehead atoms. The van der Waals surface area contributed by atoms with Crippen LogP contribution in [-0.4, -0.2) is 53.0 Å². The second-order valence-electron chi connectivity index (χ2n) is 8.05. The van der Waals surface area contributed by atoms with Gasteiger partial charge in [0.1, 0.15) is 12.2 Å². The van der Waals surface area contributed by atoms with Crippen LogP contribution < -0.4 is 4.74 Å². The normalized spacial score (nSPS) is 12.2. The Hall–Kier alpha value is -2.90. The first-order valence-corrected chi connectivity index (χ1v) is 12.9. The lowest BCUT2D eigenvalue weighted by Crippen LogP contribution is -2.17. The first-order chi connectivity index (χ1) is 16.7. The Labute approximate surface area is 210 Å². The van der Waals surface area contributed by atoms with Gasteiger partial charge >= 0.3 is 12.1 Å². The summed E-state index contributed by atoms with van der Waals surface area (Å²) in [7, 11) is -2.14. The maximum atomic E-state index is 12.8. The molecule has 0 saturated heterocycles. The molecule has 3 rings (SSSR count). The van der Waals surface area contributed by atoms with Gasteiger partial charge in [-0.15, -0.1) is 0 Å². The Kier molecular flexibility index (Phi) is 8.16. The van der Waals surface area contributed by atoms with Crippen molar-refractivity contribution in [3.63, 3.8) is 0 Å². The van der Waals surface area contributed by atoms with Crippen molar-refractivity contribution in [2.45, 2.75) is 44.5 Å². The van der Waals surface area contributed by atoms with Crippen LogP contribution in [0.3, 0.4) is 0 Å². The molecular weight excluding hydrogens is 525 g/mol. The highest BCUT2D eigenvalue weighted by molar-refractivity contribution is 7.90. The number of aromatic nitrogens is 4. The van der Waals surface area contributed by atoms with Crippen LogP contribution in [0.2, 0.25) is 5.02 Å². The molecular formula is C22H24ClF3N4O5S. The molecule has 1 aromatic carbocycles. The molecule has 9 nitrogen and oxygen atoms in total. The summed E-state index contributed by atoms with van der Waals surface area (Å²) in [5.41, 5.74) is 1.51. The highest BCUT2D eigenvalue weighted by atomic mass is 35.5. The molecule has 196 valence electrons. The first kappa shape index (κ1) is 27.7. The molecule has 2 aromatic heterocycles. The largest absolute Gasteiger partial charge is 0.411 e. The standard InChI is InChI=1S/C22H24ClF3N4O5S/c1-5-30-20(35-21(31)16-10-29(3)28-13(16)2)15(9-27-30)8-14-6-7-18(36(4,32)33)17(19(14)23)11-34-12-22(24,25)26/h6-7,9-10H,5,8,11-12H2,1-4H3. The van der Waals surface area contributed by atoms with E-state index < -0.39 is 35.2 Å². The SMILES string of the molecule is CCn1ncc(Cc2ccc(S(C)(=O)=O)c(COCC(F)(F)F)c2Cl)c1OC(=O)c1cn(C)nc1C. The van der Waals surface area contributed by atoms with Crippen LogP contribution >= 0.6 is 11.6 Å². The molecule has 0 saturated carbocycles. The number of esters is 1. The lowest BCUT2D eigenvalue weighted by Gasteiger charge is -2.15. The van der Waals surface area contributed by atoms with Gasteiger partial charge in [0, 0.05) is 43.6 Å². The topological polar surface area (TPSA) is 105 Å². The van der Waals surface area contributed by atoms with Crippen LogP contribution in [0.25, 0.3) is 0 Å². The molecule has 0 amide bonds. The highest BCUT2D eigenvalue weighted by Gasteiger charge is 2.29. The zero-order chi connectivity index (χ0) is 26.8. The summed E-state index contributed by atoms with van der Waals surface area (Å²) < 4.78 is 75.4. The average Bonchev–Trinajstić information content (AvgIpc) is 3.30. The molecule has 0 aliphatic carbocycles. The summed E-state index contributed by atoms with van der Waals surface area (Å²) in [6.07, 6.45) is -0.602. The quantitative estimate of drug-likeness (QED) is 0.373. The van der Waals surface area contributed by atoms with Gasteiger partial charge in [0.05, 0.1) is 28.4 Å². The first-order valence-electron chi connectivity index (χ1n) is 10.6. The maximum Gasteiger partial charge on any atom is 0.411 e. The van der Waals surface area contributed by atoms with E-state index >= 15 is 0 Å². The third kappa shape index (κ3) is 6.45. The van der Waals surface area contributed by atoms with Crippen molar-refractivity contribution in [2.24, 2.45) is 7.05 Å². The number of hydrogen-bond donors (Lipinski definition) is 0. The number of halogens is 4. The number of rotatable bonds is 9. The third-order valence-electron chi connectivity index (χ3n) is 5.16. The van der Waals surface area contributed by atoms with E-state index in [-0.39, 0.29) is 33.3 Å². The number of carbonyl (C=O) groups excluding carboxylic acids is 1. The lowest BCUT2D eigenvalue weighted by molar-refractivity contribution is -0.176. The maximum absolute atomic E-state index is 12.8. The van der Waals surface area contributed by atoms with Gasteiger partial charge in [-0.05, 0) is 25.5 Å². The fraction of sp³-hybridized carbons (Fsp3) is 0.409. The number of nitrogens with zero attached hydrogens (tertiary/aromatic N) is 4. The Bertz CT molecular complexity index is 1380. The summed E-state index contributed by atoms with van der Waals surface area (Å²) in [6.45, 7) is 1.62. The van der Waals surface area contributed by atoms with E-state index in [1.807, 2.05) is 0 Å². The molecule has 2 heterocycles. The van der Waals surface area contributed by atoms with Crippen molar-refractivity contribution in [2.75, 3.05) is 12.9 Å². The second kappa shape index (κ2) is 10.6. The molecule has 0 aliphatic rings. The molecule has 3 aromatic rings. The van der Waals surface area contributed by atoms with E-state index in [4.69, 9.17) is 21.1 Å². The molecule has 0 fully saturated rings. The van der Waals surface area contributed by atoms with Crippen LogP contribution in [0, 0.1) is 6.92 Å². The fourth-order valence-electron chi connectivity index (χ4n) is 3.56. The van der Waals surface area contributed by atoms with E-state index in [0.29, 0.717) is 23.4 Å². The Morgan fingerprint density at radius 3 is 2.47 bits per heavy atom. The highest BCUT2D eigenvalue weighted by Crippen LogP contribution is 2.33. The van der Waals surface area contributed by atoms with Crippen LogP contribution in [-0.2, 0) is 41.2 Å². The van der Waals surface area contributed by atoms with Crippen molar-refractivity contribution >= 4 is 27.4 Å². The fourth-order valence-corrected chi connectivity index (χ4v) is 4.83. The second-order valence-corrected chi connectivity index (χ2v) is 10.4. The molecule has 0 unspecified atom stereocenters. The lowest BCUT2D eigenvalue weighted by atomic mass is 10.0. The average molecular weight is 549 g/mol. The van der Waals surface area contributed by atoms with Gasteiger partial charge in [-0.3, -0.25) is 4.68 Å². The Morgan fingerprint density at radius 2 is 1.92 bits per heavy atom. The predicted octanol–water partition coefficient (Wildman–Crippen LogP) is 3.89. The molecule has 0 aliphatic heterocycles. The molecule has 14 heteroatoms. The summed E-state index contributed by atoms with van der Waals surface area (Å²) >= 11 is 6.47. The number of hydrogen-bond acceptors (Lipinski definition) is 7. The predicted molar refractivity (Wildman–Crippen MR) is 124 cm³/mol. The minimum atomic E-state index is -4.59. The number of ether oxygens (including phenoxy) is 2. The minimum absolute atomic E-state index is 0.0593. The monoisotopic (exact) mass is 548 g/mol. The van der Waals surface area contributed by atoms with Crippen molar-refractivity contribution < 1.29 is 35.9 Å². The van der Waals surface area contributed by atoms with Crippen molar-refractivity contribution in [1.82, 2.24) is 19.6 Å². The van der Waals surface area contributed by atoms with Crippen molar-refractivity contribution in [3.8, 4) is 5.88 Å². The van der Waals surface area contributed by atoms with Gasteiger partial charge in [-0.1, -0.05) is 17.7 Å². The van der Waals surface area contributed by atoms with Crippen molar-refractivity contribution in [1.29, 1.82) is 0 Å².